The normalized spacial score (nSPS) is 10.8. The standard InChI is InChI=1S/C13H17NO2/c1-2-3-4-5-7-10-8-6-9-11(12(10)14)13(15)16/h3-4,6,8-9H,2,5,7,14H2,1H3,(H,15,16)/b4-3-. The van der Waals surface area contributed by atoms with Gasteiger partial charge in [-0.25, -0.2) is 4.79 Å². The highest BCUT2D eigenvalue weighted by atomic mass is 16.4. The monoisotopic (exact) mass is 219 g/mol. The molecule has 0 bridgehead atoms. The van der Waals surface area contributed by atoms with Crippen LogP contribution in [0.5, 0.6) is 0 Å². The van der Waals surface area contributed by atoms with Crippen molar-refractivity contribution in [2.45, 2.75) is 26.2 Å². The molecule has 0 heterocycles. The van der Waals surface area contributed by atoms with Gasteiger partial charge in [-0.2, -0.15) is 0 Å². The Morgan fingerprint density at radius 1 is 1.44 bits per heavy atom. The van der Waals surface area contributed by atoms with Gasteiger partial charge in [0.05, 0.1) is 5.56 Å². The maximum absolute atomic E-state index is 10.9. The number of rotatable bonds is 5. The summed E-state index contributed by atoms with van der Waals surface area (Å²) in [7, 11) is 0. The highest BCUT2D eigenvalue weighted by Crippen LogP contribution is 2.19. The number of nitrogen functional groups attached to an aromatic ring is 1. The van der Waals surface area contributed by atoms with Crippen molar-refractivity contribution < 1.29 is 9.90 Å². The van der Waals surface area contributed by atoms with Crippen molar-refractivity contribution in [2.24, 2.45) is 0 Å². The fourth-order valence-corrected chi connectivity index (χ4v) is 1.54. The SMILES string of the molecule is CC/C=C\CCc1cccc(C(=O)O)c1N. The third kappa shape index (κ3) is 3.12. The Kier molecular flexibility index (Phi) is 4.58. The molecule has 0 amide bonds. The molecule has 0 aliphatic rings. The summed E-state index contributed by atoms with van der Waals surface area (Å²) < 4.78 is 0. The van der Waals surface area contributed by atoms with E-state index in [1.54, 1.807) is 6.07 Å². The number of para-hydroxylation sites is 1. The molecule has 0 atom stereocenters. The van der Waals surface area contributed by atoms with Crippen molar-refractivity contribution in [3.8, 4) is 0 Å². The summed E-state index contributed by atoms with van der Waals surface area (Å²) in [6.07, 6.45) is 6.87. The maximum Gasteiger partial charge on any atom is 0.337 e. The quantitative estimate of drug-likeness (QED) is 0.591. The molecule has 0 spiro atoms. The second-order valence-electron chi connectivity index (χ2n) is 3.60. The van der Waals surface area contributed by atoms with Crippen LogP contribution in [0.15, 0.2) is 30.4 Å². The lowest BCUT2D eigenvalue weighted by Crippen LogP contribution is -2.05. The predicted molar refractivity (Wildman–Crippen MR) is 65.6 cm³/mol. The molecule has 0 aliphatic heterocycles. The summed E-state index contributed by atoms with van der Waals surface area (Å²) in [5, 5.41) is 8.91. The van der Waals surface area contributed by atoms with Crippen molar-refractivity contribution in [1.82, 2.24) is 0 Å². The van der Waals surface area contributed by atoms with Gasteiger partial charge in [-0.3, -0.25) is 0 Å². The molecular weight excluding hydrogens is 202 g/mol. The Bertz CT molecular complexity index is 397. The number of aryl methyl sites for hydroxylation is 1. The summed E-state index contributed by atoms with van der Waals surface area (Å²) in [5.41, 5.74) is 7.28. The molecule has 1 aromatic carbocycles. The van der Waals surface area contributed by atoms with Crippen molar-refractivity contribution in [3.63, 3.8) is 0 Å². The van der Waals surface area contributed by atoms with Gasteiger partial charge in [0.15, 0.2) is 0 Å². The molecule has 86 valence electrons. The fraction of sp³-hybridized carbons (Fsp3) is 0.308. The van der Waals surface area contributed by atoms with Crippen LogP contribution in [0, 0.1) is 0 Å². The predicted octanol–water partition coefficient (Wildman–Crippen LogP) is 2.87. The number of anilines is 1. The number of carboxylic acids is 1. The molecule has 3 N–H and O–H groups in total. The first kappa shape index (κ1) is 12.3. The average molecular weight is 219 g/mol. The molecule has 1 aromatic rings. The molecule has 3 nitrogen and oxygen atoms in total. The van der Waals surface area contributed by atoms with Gasteiger partial charge in [0.2, 0.25) is 0 Å². The first-order valence-corrected chi connectivity index (χ1v) is 5.42. The van der Waals surface area contributed by atoms with E-state index in [2.05, 4.69) is 19.1 Å². The van der Waals surface area contributed by atoms with Crippen LogP contribution in [0.3, 0.4) is 0 Å². The van der Waals surface area contributed by atoms with Gasteiger partial charge >= 0.3 is 5.97 Å². The zero-order valence-electron chi connectivity index (χ0n) is 9.44. The van der Waals surface area contributed by atoms with E-state index in [1.807, 2.05) is 6.07 Å². The van der Waals surface area contributed by atoms with E-state index in [0.717, 1.165) is 24.8 Å². The minimum absolute atomic E-state index is 0.192. The van der Waals surface area contributed by atoms with Crippen LogP contribution in [-0.4, -0.2) is 11.1 Å². The molecule has 0 aromatic heterocycles. The van der Waals surface area contributed by atoms with Crippen LogP contribution >= 0.6 is 0 Å². The van der Waals surface area contributed by atoms with E-state index in [0.29, 0.717) is 5.69 Å². The van der Waals surface area contributed by atoms with Crippen LogP contribution in [0.4, 0.5) is 5.69 Å². The van der Waals surface area contributed by atoms with Crippen molar-refractivity contribution in [2.75, 3.05) is 5.73 Å². The Hall–Kier alpha value is -1.77. The molecule has 0 unspecified atom stereocenters. The third-order valence-corrected chi connectivity index (χ3v) is 2.41. The third-order valence-electron chi connectivity index (χ3n) is 2.41. The molecule has 0 saturated heterocycles. The summed E-state index contributed by atoms with van der Waals surface area (Å²) in [6.45, 7) is 2.08. The zero-order valence-corrected chi connectivity index (χ0v) is 9.44. The molecule has 0 aliphatic carbocycles. The minimum atomic E-state index is -0.969. The zero-order chi connectivity index (χ0) is 12.0. The number of hydrogen-bond acceptors (Lipinski definition) is 2. The van der Waals surface area contributed by atoms with Gasteiger partial charge < -0.3 is 10.8 Å². The Balaban J connectivity index is 2.77. The van der Waals surface area contributed by atoms with E-state index in [9.17, 15) is 4.79 Å². The lowest BCUT2D eigenvalue weighted by atomic mass is 10.0. The van der Waals surface area contributed by atoms with Gasteiger partial charge in [0.25, 0.3) is 0 Å². The smallest absolute Gasteiger partial charge is 0.337 e. The van der Waals surface area contributed by atoms with Crippen molar-refractivity contribution >= 4 is 11.7 Å². The summed E-state index contributed by atoms with van der Waals surface area (Å²) >= 11 is 0. The fourth-order valence-electron chi connectivity index (χ4n) is 1.54. The van der Waals surface area contributed by atoms with Crippen LogP contribution in [0.1, 0.15) is 35.7 Å². The Morgan fingerprint density at radius 2 is 2.19 bits per heavy atom. The largest absolute Gasteiger partial charge is 0.478 e. The van der Waals surface area contributed by atoms with E-state index in [-0.39, 0.29) is 5.56 Å². The van der Waals surface area contributed by atoms with Gasteiger partial charge in [-0.1, -0.05) is 31.2 Å². The number of hydrogen-bond donors (Lipinski definition) is 2. The summed E-state index contributed by atoms with van der Waals surface area (Å²) in [5.74, 6) is -0.969. The highest BCUT2D eigenvalue weighted by molar-refractivity contribution is 5.94. The average Bonchev–Trinajstić information content (AvgIpc) is 2.26. The highest BCUT2D eigenvalue weighted by Gasteiger charge is 2.09. The number of nitrogens with two attached hydrogens (primary N) is 1. The molecule has 3 heteroatoms. The number of carbonyl (C=O) groups is 1. The van der Waals surface area contributed by atoms with Crippen LogP contribution in [0.2, 0.25) is 0 Å². The first-order chi connectivity index (χ1) is 7.66. The second kappa shape index (κ2) is 5.95. The molecule has 0 fully saturated rings. The lowest BCUT2D eigenvalue weighted by Gasteiger charge is -2.06. The lowest BCUT2D eigenvalue weighted by molar-refractivity contribution is 0.0698. The van der Waals surface area contributed by atoms with Crippen LogP contribution in [-0.2, 0) is 6.42 Å². The summed E-state index contributed by atoms with van der Waals surface area (Å²) in [6, 6.07) is 5.14. The molecule has 0 saturated carbocycles. The number of carboxylic acid groups (broad SMARTS) is 1. The van der Waals surface area contributed by atoms with Crippen molar-refractivity contribution in [1.29, 1.82) is 0 Å². The molecular formula is C13H17NO2. The molecule has 16 heavy (non-hydrogen) atoms. The van der Waals surface area contributed by atoms with Crippen molar-refractivity contribution in [3.05, 3.63) is 41.5 Å². The number of allylic oxidation sites excluding steroid dienone is 2. The minimum Gasteiger partial charge on any atom is -0.478 e. The second-order valence-corrected chi connectivity index (χ2v) is 3.60. The van der Waals surface area contributed by atoms with Crippen LogP contribution in [0.25, 0.3) is 0 Å². The van der Waals surface area contributed by atoms with Gasteiger partial charge in [-0.15, -0.1) is 0 Å². The van der Waals surface area contributed by atoms with E-state index < -0.39 is 5.97 Å². The number of aromatic carboxylic acids is 1. The first-order valence-electron chi connectivity index (χ1n) is 5.42. The summed E-state index contributed by atoms with van der Waals surface area (Å²) in [4.78, 5) is 10.9. The van der Waals surface area contributed by atoms with E-state index >= 15 is 0 Å². The topological polar surface area (TPSA) is 63.3 Å². The number of benzene rings is 1. The van der Waals surface area contributed by atoms with Gasteiger partial charge in [0.1, 0.15) is 0 Å². The Morgan fingerprint density at radius 3 is 2.81 bits per heavy atom. The maximum atomic E-state index is 10.9. The van der Waals surface area contributed by atoms with E-state index in [4.69, 9.17) is 10.8 Å². The Labute approximate surface area is 95.6 Å². The molecule has 1 rings (SSSR count). The van der Waals surface area contributed by atoms with Gasteiger partial charge in [0, 0.05) is 5.69 Å². The molecule has 0 radical (unpaired) electrons. The van der Waals surface area contributed by atoms with E-state index in [1.165, 1.54) is 6.07 Å². The van der Waals surface area contributed by atoms with Gasteiger partial charge in [-0.05, 0) is 30.9 Å². The van der Waals surface area contributed by atoms with Crippen LogP contribution < -0.4 is 5.73 Å².